The maximum atomic E-state index is 12.4. The molecule has 1 aromatic heterocycles. The highest BCUT2D eigenvalue weighted by Gasteiger charge is 2.16. The summed E-state index contributed by atoms with van der Waals surface area (Å²) in [6.45, 7) is 9.47. The van der Waals surface area contributed by atoms with Crippen molar-refractivity contribution in [1.29, 1.82) is 0 Å². The minimum atomic E-state index is -0.0497. The Balaban J connectivity index is 1.58. The average Bonchev–Trinajstić information content (AvgIpc) is 3.19. The molecule has 0 saturated carbocycles. The molecule has 0 fully saturated rings. The van der Waals surface area contributed by atoms with E-state index in [4.69, 9.17) is 9.47 Å². The zero-order valence-corrected chi connectivity index (χ0v) is 19.8. The van der Waals surface area contributed by atoms with Gasteiger partial charge in [-0.2, -0.15) is 0 Å². The highest BCUT2D eigenvalue weighted by molar-refractivity contribution is 7.99. The number of benzene rings is 2. The van der Waals surface area contributed by atoms with E-state index in [1.807, 2.05) is 80.8 Å². The van der Waals surface area contributed by atoms with Gasteiger partial charge in [0.25, 0.3) is 0 Å². The molecule has 0 spiro atoms. The maximum absolute atomic E-state index is 12.4. The summed E-state index contributed by atoms with van der Waals surface area (Å²) in [6.07, 6.45) is 0. The van der Waals surface area contributed by atoms with E-state index in [1.54, 1.807) is 0 Å². The fourth-order valence-electron chi connectivity index (χ4n) is 3.23. The number of nitrogens with zero attached hydrogens (tertiary/aromatic N) is 3. The van der Waals surface area contributed by atoms with E-state index in [1.165, 1.54) is 11.8 Å². The first-order valence-corrected chi connectivity index (χ1v) is 11.8. The van der Waals surface area contributed by atoms with Crippen molar-refractivity contribution in [2.24, 2.45) is 0 Å². The molecule has 0 saturated heterocycles. The van der Waals surface area contributed by atoms with Crippen LogP contribution in [0, 0.1) is 6.92 Å². The lowest BCUT2D eigenvalue weighted by Gasteiger charge is -2.14. The Morgan fingerprint density at radius 3 is 2.59 bits per heavy atom. The van der Waals surface area contributed by atoms with E-state index in [0.717, 1.165) is 11.1 Å². The molecule has 0 bridgehead atoms. The van der Waals surface area contributed by atoms with Crippen LogP contribution in [-0.4, -0.2) is 33.0 Å². The second-order valence-electron chi connectivity index (χ2n) is 7.30. The predicted molar refractivity (Wildman–Crippen MR) is 126 cm³/mol. The molecule has 3 aromatic rings. The summed E-state index contributed by atoms with van der Waals surface area (Å²) in [5.41, 5.74) is 2.18. The fourth-order valence-corrected chi connectivity index (χ4v) is 4.07. The third-order valence-corrected chi connectivity index (χ3v) is 5.84. The van der Waals surface area contributed by atoms with E-state index in [2.05, 4.69) is 15.5 Å². The molecule has 3 rings (SSSR count). The lowest BCUT2D eigenvalue weighted by molar-refractivity contribution is -0.119. The van der Waals surface area contributed by atoms with Gasteiger partial charge in [0, 0.05) is 6.54 Å². The Hall–Kier alpha value is -3.00. The van der Waals surface area contributed by atoms with Crippen LogP contribution in [0.2, 0.25) is 0 Å². The molecule has 8 heteroatoms. The topological polar surface area (TPSA) is 78.3 Å². The molecule has 170 valence electrons. The van der Waals surface area contributed by atoms with Crippen molar-refractivity contribution < 1.29 is 14.3 Å². The number of aromatic nitrogens is 3. The molecule has 1 heterocycles. The number of thioether (sulfide) groups is 1. The number of carbonyl (C=O) groups is 1. The number of hydrogen-bond donors (Lipinski definition) is 1. The van der Waals surface area contributed by atoms with Gasteiger partial charge in [-0.25, -0.2) is 0 Å². The van der Waals surface area contributed by atoms with Crippen molar-refractivity contribution in [2.45, 2.75) is 52.0 Å². The van der Waals surface area contributed by atoms with E-state index >= 15 is 0 Å². The standard InChI is InChI=1S/C24H30N4O3S/c1-5-28-22(15-31-20-13-12-17(3)14-21(20)30-6-2)26-27-24(28)32-16-23(29)25-18(4)19-10-8-7-9-11-19/h7-14,18H,5-6,15-16H2,1-4H3,(H,25,29). The molecule has 0 aliphatic rings. The van der Waals surface area contributed by atoms with Gasteiger partial charge in [0.05, 0.1) is 18.4 Å². The summed E-state index contributed by atoms with van der Waals surface area (Å²) in [5.74, 6) is 2.31. The summed E-state index contributed by atoms with van der Waals surface area (Å²) in [7, 11) is 0. The van der Waals surface area contributed by atoms with E-state index in [0.29, 0.717) is 35.6 Å². The van der Waals surface area contributed by atoms with Crippen LogP contribution in [0.15, 0.2) is 53.7 Å². The zero-order valence-electron chi connectivity index (χ0n) is 19.0. The number of ether oxygens (including phenoxy) is 2. The number of amides is 1. The van der Waals surface area contributed by atoms with Gasteiger partial charge >= 0.3 is 0 Å². The van der Waals surface area contributed by atoms with Gasteiger partial charge in [-0.1, -0.05) is 48.2 Å². The van der Waals surface area contributed by atoms with Crippen molar-refractivity contribution in [3.8, 4) is 11.5 Å². The Morgan fingerprint density at radius 1 is 1.09 bits per heavy atom. The fraction of sp³-hybridized carbons (Fsp3) is 0.375. The first-order valence-electron chi connectivity index (χ1n) is 10.8. The quantitative estimate of drug-likeness (QED) is 0.428. The van der Waals surface area contributed by atoms with Crippen LogP contribution in [0.5, 0.6) is 11.5 Å². The van der Waals surface area contributed by atoms with Crippen LogP contribution in [0.25, 0.3) is 0 Å². The Morgan fingerprint density at radius 2 is 1.88 bits per heavy atom. The van der Waals surface area contributed by atoms with E-state index < -0.39 is 0 Å². The minimum absolute atomic E-state index is 0.0455. The van der Waals surface area contributed by atoms with E-state index in [9.17, 15) is 4.79 Å². The summed E-state index contributed by atoms with van der Waals surface area (Å²) in [4.78, 5) is 12.4. The average molecular weight is 455 g/mol. The molecule has 2 aromatic carbocycles. The summed E-state index contributed by atoms with van der Waals surface area (Å²) in [5, 5.41) is 12.3. The minimum Gasteiger partial charge on any atom is -0.490 e. The summed E-state index contributed by atoms with van der Waals surface area (Å²) < 4.78 is 13.6. The van der Waals surface area contributed by atoms with Crippen LogP contribution in [-0.2, 0) is 17.9 Å². The molecule has 1 atom stereocenters. The molecule has 1 N–H and O–H groups in total. The highest BCUT2D eigenvalue weighted by Crippen LogP contribution is 2.29. The number of nitrogens with one attached hydrogen (secondary N) is 1. The Labute approximate surface area is 193 Å². The number of aryl methyl sites for hydroxylation is 1. The van der Waals surface area contributed by atoms with Crippen LogP contribution >= 0.6 is 11.8 Å². The van der Waals surface area contributed by atoms with Crippen molar-refractivity contribution in [2.75, 3.05) is 12.4 Å². The van der Waals surface area contributed by atoms with Crippen LogP contribution in [0.4, 0.5) is 0 Å². The first kappa shape index (κ1) is 23.7. The van der Waals surface area contributed by atoms with Gasteiger partial charge in [0.1, 0.15) is 6.61 Å². The van der Waals surface area contributed by atoms with Gasteiger partial charge in [-0.3, -0.25) is 4.79 Å². The molecule has 32 heavy (non-hydrogen) atoms. The van der Waals surface area contributed by atoms with E-state index in [-0.39, 0.29) is 24.3 Å². The first-order chi connectivity index (χ1) is 15.5. The lowest BCUT2D eigenvalue weighted by atomic mass is 10.1. The predicted octanol–water partition coefficient (Wildman–Crippen LogP) is 4.55. The molecule has 0 aliphatic carbocycles. The van der Waals surface area contributed by atoms with Gasteiger partial charge in [-0.05, 0) is 51.0 Å². The van der Waals surface area contributed by atoms with Crippen LogP contribution in [0.3, 0.4) is 0 Å². The normalized spacial score (nSPS) is 11.8. The number of rotatable bonds is 11. The molecule has 7 nitrogen and oxygen atoms in total. The maximum Gasteiger partial charge on any atom is 0.230 e. The van der Waals surface area contributed by atoms with Gasteiger partial charge in [0.2, 0.25) is 5.91 Å². The largest absolute Gasteiger partial charge is 0.490 e. The van der Waals surface area contributed by atoms with Gasteiger partial charge < -0.3 is 19.4 Å². The second-order valence-corrected chi connectivity index (χ2v) is 8.25. The van der Waals surface area contributed by atoms with Crippen molar-refractivity contribution in [1.82, 2.24) is 20.1 Å². The van der Waals surface area contributed by atoms with Crippen LogP contribution < -0.4 is 14.8 Å². The van der Waals surface area contributed by atoms with Crippen molar-refractivity contribution in [3.63, 3.8) is 0 Å². The molecule has 0 aliphatic heterocycles. The summed E-state index contributed by atoms with van der Waals surface area (Å²) in [6, 6.07) is 15.7. The molecule has 1 amide bonds. The smallest absolute Gasteiger partial charge is 0.230 e. The number of hydrogen-bond acceptors (Lipinski definition) is 6. The second kappa shape index (κ2) is 11.6. The SMILES string of the molecule is CCOc1cc(C)ccc1OCc1nnc(SCC(=O)NC(C)c2ccccc2)n1CC. The lowest BCUT2D eigenvalue weighted by Crippen LogP contribution is -2.28. The Bertz CT molecular complexity index is 1020. The third-order valence-electron chi connectivity index (χ3n) is 4.87. The van der Waals surface area contributed by atoms with Gasteiger partial charge in [-0.15, -0.1) is 10.2 Å². The molecular weight excluding hydrogens is 424 g/mol. The van der Waals surface area contributed by atoms with Crippen molar-refractivity contribution >= 4 is 17.7 Å². The highest BCUT2D eigenvalue weighted by atomic mass is 32.2. The Kier molecular flexibility index (Phi) is 8.56. The van der Waals surface area contributed by atoms with Crippen LogP contribution in [0.1, 0.15) is 43.8 Å². The molecule has 1 unspecified atom stereocenters. The third kappa shape index (κ3) is 6.26. The molecular formula is C24H30N4O3S. The summed E-state index contributed by atoms with van der Waals surface area (Å²) >= 11 is 1.37. The monoisotopic (exact) mass is 454 g/mol. The van der Waals surface area contributed by atoms with Gasteiger partial charge in [0.15, 0.2) is 22.5 Å². The van der Waals surface area contributed by atoms with Crippen molar-refractivity contribution in [3.05, 3.63) is 65.5 Å². The molecule has 0 radical (unpaired) electrons. The zero-order chi connectivity index (χ0) is 22.9. The number of carbonyl (C=O) groups excluding carboxylic acids is 1.